The van der Waals surface area contributed by atoms with Gasteiger partial charge in [-0.2, -0.15) is 0 Å². The molecule has 0 spiro atoms. The second-order valence-electron chi connectivity index (χ2n) is 26.8. The Bertz CT molecular complexity index is 4880. The van der Waals surface area contributed by atoms with Crippen LogP contribution in [0.4, 0.5) is 0 Å². The molecule has 0 amide bonds. The van der Waals surface area contributed by atoms with Gasteiger partial charge in [0.1, 0.15) is 35.2 Å². The fourth-order valence-corrected chi connectivity index (χ4v) is 13.5. The van der Waals surface area contributed by atoms with Crippen LogP contribution in [0, 0.1) is 55.4 Å². The zero-order valence-electron chi connectivity index (χ0n) is 62.1. The lowest BCUT2D eigenvalue weighted by Gasteiger charge is -2.09. The Morgan fingerprint density at radius 3 is 0.563 bits per heavy atom. The number of rotatable bonds is 10. The molecule has 0 saturated heterocycles. The molecule has 0 aliphatic carbocycles. The van der Waals surface area contributed by atoms with Gasteiger partial charge >= 0.3 is 0 Å². The van der Waals surface area contributed by atoms with E-state index in [1.807, 2.05) is 12.1 Å². The number of hydrogen-bond donors (Lipinski definition) is 0. The number of hydrogen-bond acceptors (Lipinski definition) is 0. The molecule has 0 atom stereocenters. The molecule has 15 aromatic rings. The number of pyridine rings is 5. The second-order valence-corrected chi connectivity index (χ2v) is 26.8. The summed E-state index contributed by atoms with van der Waals surface area (Å²) in [5.74, 6) is 0. The van der Waals surface area contributed by atoms with E-state index in [4.69, 9.17) is 0 Å². The van der Waals surface area contributed by atoms with Crippen molar-refractivity contribution in [3.63, 3.8) is 0 Å². The molecule has 0 unspecified atom stereocenters. The largest absolute Gasteiger partial charge is 0.212 e. The van der Waals surface area contributed by atoms with E-state index < -0.39 is 0 Å². The second kappa shape index (κ2) is 34.3. The minimum atomic E-state index is 1.24. The average Bonchev–Trinajstić information content (AvgIpc) is 0.814. The van der Waals surface area contributed by atoms with Crippen LogP contribution in [-0.4, -0.2) is 0 Å². The quantitative estimate of drug-likeness (QED) is 0.122. The Kier molecular flexibility index (Phi) is 24.1. The van der Waals surface area contributed by atoms with Crippen LogP contribution in [0.2, 0.25) is 0 Å². The Hall–Kier alpha value is -12.1. The normalized spacial score (nSPS) is 10.6. The van der Waals surface area contributed by atoms with Crippen molar-refractivity contribution >= 4 is 0 Å². The molecule has 5 nitrogen and oxygen atoms in total. The lowest BCUT2D eigenvalue weighted by atomic mass is 9.98. The first kappa shape index (κ1) is 72.2. The van der Waals surface area contributed by atoms with Crippen LogP contribution in [0.1, 0.15) is 44.5 Å². The van der Waals surface area contributed by atoms with Crippen molar-refractivity contribution in [3.8, 4) is 112 Å². The van der Waals surface area contributed by atoms with Gasteiger partial charge in [0.05, 0.1) is 0 Å². The predicted molar refractivity (Wildman–Crippen MR) is 430 cm³/mol. The van der Waals surface area contributed by atoms with Gasteiger partial charge in [0.25, 0.3) is 0 Å². The van der Waals surface area contributed by atoms with Gasteiger partial charge in [0.15, 0.2) is 31.0 Å². The molecule has 0 N–H and O–H groups in total. The summed E-state index contributed by atoms with van der Waals surface area (Å²) in [6, 6.07) is 111. The average molecular weight is 1340 g/mol. The van der Waals surface area contributed by atoms with Crippen LogP contribution in [0.3, 0.4) is 0 Å². The van der Waals surface area contributed by atoms with E-state index in [1.54, 1.807) is 0 Å². The monoisotopic (exact) mass is 1340 g/mol. The maximum Gasteiger partial charge on any atom is 0.212 e. The minimum absolute atomic E-state index is 1.24. The van der Waals surface area contributed by atoms with Gasteiger partial charge in [0, 0.05) is 86.0 Å². The first-order valence-electron chi connectivity index (χ1n) is 35.6. The van der Waals surface area contributed by atoms with Gasteiger partial charge in [-0.25, -0.2) is 22.8 Å². The third-order valence-electron chi connectivity index (χ3n) is 19.3. The summed E-state index contributed by atoms with van der Waals surface area (Å²) in [7, 11) is 10.6. The molecule has 0 radical (unpaired) electrons. The Labute approximate surface area is 612 Å². The summed E-state index contributed by atoms with van der Waals surface area (Å²) < 4.78 is 11.1. The molecule has 5 heteroatoms. The zero-order valence-corrected chi connectivity index (χ0v) is 62.1. The van der Waals surface area contributed by atoms with Crippen molar-refractivity contribution in [1.82, 2.24) is 0 Å². The molecule has 0 fully saturated rings. The number of benzene rings is 10. The fraction of sp³-hybridized carbons (Fsp3) is 0.133. The van der Waals surface area contributed by atoms with Gasteiger partial charge in [0.2, 0.25) is 28.5 Å². The van der Waals surface area contributed by atoms with Gasteiger partial charge in [-0.15, -0.1) is 0 Å². The summed E-state index contributed by atoms with van der Waals surface area (Å²) in [5.41, 5.74) is 35.8. The molecule has 103 heavy (non-hydrogen) atoms. The highest BCUT2D eigenvalue weighted by Gasteiger charge is 2.21. The highest BCUT2D eigenvalue weighted by Crippen LogP contribution is 2.32. The van der Waals surface area contributed by atoms with Crippen molar-refractivity contribution in [1.29, 1.82) is 0 Å². The molecule has 0 saturated carbocycles. The maximum atomic E-state index is 2.28. The molecule has 0 bridgehead atoms. The van der Waals surface area contributed by atoms with Crippen molar-refractivity contribution < 1.29 is 22.8 Å². The minimum Gasteiger partial charge on any atom is -0.200 e. The fourth-order valence-electron chi connectivity index (χ4n) is 13.5. The van der Waals surface area contributed by atoms with Crippen LogP contribution >= 0.6 is 0 Å². The topological polar surface area (TPSA) is 19.4 Å². The molecule has 508 valence electrons. The predicted octanol–water partition coefficient (Wildman–Crippen LogP) is 21.7. The molecule has 5 heterocycles. The van der Waals surface area contributed by atoms with E-state index >= 15 is 0 Å². The van der Waals surface area contributed by atoms with Gasteiger partial charge in [-0.3, -0.25) is 0 Å². The van der Waals surface area contributed by atoms with E-state index in [0.29, 0.717) is 0 Å². The third kappa shape index (κ3) is 17.9. The molecule has 15 rings (SSSR count). The van der Waals surface area contributed by atoms with Crippen LogP contribution in [0.15, 0.2) is 346 Å². The van der Waals surface area contributed by atoms with Crippen LogP contribution in [0.5, 0.6) is 0 Å². The van der Waals surface area contributed by atoms with E-state index in [9.17, 15) is 0 Å². The summed E-state index contributed by atoms with van der Waals surface area (Å²) in [6.45, 7) is 17.3. The van der Waals surface area contributed by atoms with Gasteiger partial charge in [-0.05, 0) is 170 Å². The highest BCUT2D eigenvalue weighted by molar-refractivity contribution is 5.74. The van der Waals surface area contributed by atoms with Gasteiger partial charge < -0.3 is 0 Å². The summed E-state index contributed by atoms with van der Waals surface area (Å²) in [5, 5.41) is 0. The maximum absolute atomic E-state index is 2.28. The summed E-state index contributed by atoms with van der Waals surface area (Å²) >= 11 is 0. The molecular weight excluding hydrogens is 1250 g/mol. The first-order chi connectivity index (χ1) is 50.0. The molecular formula is C98H96N5+5. The highest BCUT2D eigenvalue weighted by atomic mass is 14.9. The summed E-state index contributed by atoms with van der Waals surface area (Å²) in [4.78, 5) is 0. The Balaban J connectivity index is 0.000000129. The lowest BCUT2D eigenvalue weighted by molar-refractivity contribution is -0.660. The number of aryl methyl sites for hydroxylation is 13. The van der Waals surface area contributed by atoms with Crippen LogP contribution in [0.25, 0.3) is 112 Å². The number of nitrogens with zero attached hydrogens (tertiary/aromatic N) is 5. The van der Waals surface area contributed by atoms with E-state index in [0.717, 1.165) is 0 Å². The van der Waals surface area contributed by atoms with E-state index in [-0.39, 0.29) is 0 Å². The van der Waals surface area contributed by atoms with E-state index in [1.165, 1.54) is 156 Å². The molecule has 10 aromatic carbocycles. The van der Waals surface area contributed by atoms with E-state index in [2.05, 4.69) is 448 Å². The zero-order chi connectivity index (χ0) is 72.4. The third-order valence-corrected chi connectivity index (χ3v) is 19.3. The summed E-state index contributed by atoms with van der Waals surface area (Å²) in [6.07, 6.45) is 11.1. The molecule has 0 aliphatic heterocycles. The molecule has 0 aliphatic rings. The van der Waals surface area contributed by atoms with Crippen molar-refractivity contribution in [2.24, 2.45) is 35.2 Å². The Morgan fingerprint density at radius 1 is 0.146 bits per heavy atom. The SMILES string of the molecule is Cc1cc(-c2ccccc2C)[n+](C)cc1-c1ccccc1.Cc1cc(-c2ccccc2C)[n+](C)cc1-c1ccccc1.Cc1cc(-c2ccccc2C)[n+](C)cc1-c1ccccc1.Cc1ccccc1-c1ccc(-c2ccccc2)c[n+]1C.Cc1ccccc1-c1ccc(-c2ccccc2)c[n+]1C. The van der Waals surface area contributed by atoms with Crippen molar-refractivity contribution in [2.75, 3.05) is 0 Å². The van der Waals surface area contributed by atoms with Crippen molar-refractivity contribution in [2.45, 2.75) is 55.4 Å². The van der Waals surface area contributed by atoms with Crippen LogP contribution < -0.4 is 22.8 Å². The number of aromatic nitrogens is 5. The first-order valence-corrected chi connectivity index (χ1v) is 35.6. The Morgan fingerprint density at radius 2 is 0.340 bits per heavy atom. The van der Waals surface area contributed by atoms with Crippen molar-refractivity contribution in [3.05, 3.63) is 391 Å². The molecule has 5 aromatic heterocycles. The van der Waals surface area contributed by atoms with Gasteiger partial charge in [-0.1, -0.05) is 243 Å². The standard InChI is InChI=1S/3C20H20N.2C19H18N/c3*1-15-9-7-8-12-18(15)20-13-16(2)19(14-21(20)3)17-10-5-4-6-11-17;2*1-15-8-6-7-11-18(15)19-13-12-17(14-20(19)2)16-9-4-3-5-10-16/h3*4-14H,1-3H3;2*3-14H,1-2H3/q5*+1. The van der Waals surface area contributed by atoms with Crippen LogP contribution in [-0.2, 0) is 35.2 Å². The lowest BCUT2D eigenvalue weighted by Crippen LogP contribution is -2.31. The smallest absolute Gasteiger partial charge is 0.200 e.